The summed E-state index contributed by atoms with van der Waals surface area (Å²) in [5, 5.41) is 4.59. The molecule has 7 nitrogen and oxygen atoms in total. The summed E-state index contributed by atoms with van der Waals surface area (Å²) in [4.78, 5) is 19.7. The van der Waals surface area contributed by atoms with Crippen molar-refractivity contribution in [3.63, 3.8) is 0 Å². The van der Waals surface area contributed by atoms with E-state index in [1.807, 2.05) is 17.8 Å². The van der Waals surface area contributed by atoms with Gasteiger partial charge in [0, 0.05) is 76.3 Å². The van der Waals surface area contributed by atoms with Crippen molar-refractivity contribution in [1.82, 2.24) is 19.4 Å². The molecule has 0 unspecified atom stereocenters. The number of piperazine rings is 1. The molecule has 196 valence electrons. The van der Waals surface area contributed by atoms with Crippen molar-refractivity contribution in [2.75, 3.05) is 51.3 Å². The third-order valence-electron chi connectivity index (χ3n) is 8.92. The normalized spacial score (nSPS) is 23.8. The quantitative estimate of drug-likeness (QED) is 0.505. The summed E-state index contributed by atoms with van der Waals surface area (Å²) >= 11 is 0. The van der Waals surface area contributed by atoms with Crippen molar-refractivity contribution < 1.29 is 9.53 Å². The molecule has 7 heteroatoms. The zero-order chi connectivity index (χ0) is 25.7. The first kappa shape index (κ1) is 24.4. The Bertz CT molecular complexity index is 1260. The molecular formula is C30H39N5O2. The number of hydrogen-bond acceptors (Lipinski definition) is 5. The zero-order valence-electron chi connectivity index (χ0n) is 22.6. The van der Waals surface area contributed by atoms with Gasteiger partial charge in [-0.15, -0.1) is 0 Å². The molecule has 0 spiro atoms. The van der Waals surface area contributed by atoms with Crippen molar-refractivity contribution in [3.8, 4) is 11.1 Å². The van der Waals surface area contributed by atoms with E-state index in [0.29, 0.717) is 17.9 Å². The van der Waals surface area contributed by atoms with E-state index in [4.69, 9.17) is 4.74 Å². The minimum atomic E-state index is -0.205. The molecule has 0 atom stereocenters. The number of hydrogen-bond donors (Lipinski definition) is 0. The van der Waals surface area contributed by atoms with Gasteiger partial charge in [-0.25, -0.2) is 4.52 Å². The third kappa shape index (κ3) is 4.32. The first-order valence-electron chi connectivity index (χ1n) is 13.8. The molecule has 1 saturated carbocycles. The second kappa shape index (κ2) is 9.44. The van der Waals surface area contributed by atoms with Gasteiger partial charge in [0.25, 0.3) is 0 Å². The number of amides is 1. The number of benzene rings is 1. The topological polar surface area (TPSA) is 53.3 Å². The Kier molecular flexibility index (Phi) is 6.24. The van der Waals surface area contributed by atoms with E-state index >= 15 is 0 Å². The minimum absolute atomic E-state index is 0.205. The Balaban J connectivity index is 1.17. The largest absolute Gasteiger partial charge is 0.371 e. The molecule has 2 aliphatic heterocycles. The van der Waals surface area contributed by atoms with Gasteiger partial charge in [0.05, 0.1) is 11.2 Å². The molecule has 1 aromatic carbocycles. The van der Waals surface area contributed by atoms with E-state index in [-0.39, 0.29) is 11.5 Å². The van der Waals surface area contributed by atoms with Crippen molar-refractivity contribution in [3.05, 3.63) is 54.4 Å². The summed E-state index contributed by atoms with van der Waals surface area (Å²) < 4.78 is 7.96. The second-order valence-electron chi connectivity index (χ2n) is 11.6. The summed E-state index contributed by atoms with van der Waals surface area (Å²) in [5.41, 5.74) is 5.66. The first-order valence-corrected chi connectivity index (χ1v) is 13.8. The Morgan fingerprint density at radius 1 is 1.03 bits per heavy atom. The Morgan fingerprint density at radius 3 is 2.35 bits per heavy atom. The molecule has 6 rings (SSSR count). The standard InChI is InChI=1S/C30H39N5O2/c1-21(2)34-19-30(20-34,37-4)26-7-5-23(6-8-26)25-17-28-27(9-10-31-35(28)18-25)32-11-13-33(14-12-32)29(36)24-15-22(3)16-24/h5-10,17-18,21-22,24H,11-16,19-20H2,1-4H3. The fraction of sp³-hybridized carbons (Fsp3) is 0.533. The Hall–Kier alpha value is -2.90. The van der Waals surface area contributed by atoms with Crippen LogP contribution in [0.1, 0.15) is 39.2 Å². The maximum atomic E-state index is 12.8. The van der Waals surface area contributed by atoms with Crippen molar-refractivity contribution in [1.29, 1.82) is 0 Å². The number of carbonyl (C=O) groups excluding carboxylic acids is 1. The van der Waals surface area contributed by atoms with Gasteiger partial charge in [0.2, 0.25) is 5.91 Å². The van der Waals surface area contributed by atoms with E-state index in [0.717, 1.165) is 63.2 Å². The molecule has 1 amide bonds. The number of methoxy groups -OCH3 is 1. The lowest BCUT2D eigenvalue weighted by Gasteiger charge is -2.51. The van der Waals surface area contributed by atoms with Crippen LogP contribution in [-0.4, -0.2) is 77.7 Å². The van der Waals surface area contributed by atoms with Gasteiger partial charge in [-0.05, 0) is 55.9 Å². The monoisotopic (exact) mass is 501 g/mol. The van der Waals surface area contributed by atoms with Gasteiger partial charge < -0.3 is 14.5 Å². The molecule has 3 aliphatic rings. The predicted octanol–water partition coefficient (Wildman–Crippen LogP) is 4.26. The molecule has 0 radical (unpaired) electrons. The molecule has 0 N–H and O–H groups in total. The van der Waals surface area contributed by atoms with Gasteiger partial charge in [0.15, 0.2) is 0 Å². The fourth-order valence-electron chi connectivity index (χ4n) is 6.33. The van der Waals surface area contributed by atoms with Gasteiger partial charge >= 0.3 is 0 Å². The molecule has 2 saturated heterocycles. The van der Waals surface area contributed by atoms with Gasteiger partial charge in [-0.3, -0.25) is 9.69 Å². The number of fused-ring (bicyclic) bond motifs is 1. The molecule has 3 aromatic rings. The van der Waals surface area contributed by atoms with Crippen molar-refractivity contribution >= 4 is 17.1 Å². The molecule has 3 fully saturated rings. The maximum absolute atomic E-state index is 12.8. The smallest absolute Gasteiger partial charge is 0.225 e. The average molecular weight is 502 g/mol. The molecule has 2 aromatic heterocycles. The summed E-state index contributed by atoms with van der Waals surface area (Å²) in [6.07, 6.45) is 6.10. The number of carbonyl (C=O) groups is 1. The molecule has 4 heterocycles. The highest BCUT2D eigenvalue weighted by Gasteiger charge is 2.45. The van der Waals surface area contributed by atoms with Crippen LogP contribution in [0.25, 0.3) is 16.6 Å². The summed E-state index contributed by atoms with van der Waals surface area (Å²) in [5.74, 6) is 1.32. The zero-order valence-corrected chi connectivity index (χ0v) is 22.6. The lowest BCUT2D eigenvalue weighted by atomic mass is 9.75. The van der Waals surface area contributed by atoms with Crippen LogP contribution in [0, 0.1) is 11.8 Å². The van der Waals surface area contributed by atoms with Crippen molar-refractivity contribution in [2.45, 2.75) is 45.3 Å². The molecule has 37 heavy (non-hydrogen) atoms. The Morgan fingerprint density at radius 2 is 1.73 bits per heavy atom. The van der Waals surface area contributed by atoms with Crippen LogP contribution in [0.2, 0.25) is 0 Å². The second-order valence-corrected chi connectivity index (χ2v) is 11.6. The molecular weight excluding hydrogens is 462 g/mol. The lowest BCUT2D eigenvalue weighted by Crippen LogP contribution is -2.62. The van der Waals surface area contributed by atoms with E-state index < -0.39 is 0 Å². The van der Waals surface area contributed by atoms with E-state index in [1.165, 1.54) is 16.8 Å². The van der Waals surface area contributed by atoms with Crippen LogP contribution in [0.3, 0.4) is 0 Å². The van der Waals surface area contributed by atoms with Gasteiger partial charge in [0.1, 0.15) is 5.60 Å². The van der Waals surface area contributed by atoms with E-state index in [9.17, 15) is 4.79 Å². The van der Waals surface area contributed by atoms with Gasteiger partial charge in [-0.2, -0.15) is 5.10 Å². The van der Waals surface area contributed by atoms with Crippen LogP contribution in [0.4, 0.5) is 5.69 Å². The van der Waals surface area contributed by atoms with Crippen molar-refractivity contribution in [2.24, 2.45) is 11.8 Å². The van der Waals surface area contributed by atoms with Crippen LogP contribution in [0.5, 0.6) is 0 Å². The Labute approximate surface area is 220 Å². The average Bonchev–Trinajstić information content (AvgIpc) is 3.31. The molecule has 1 aliphatic carbocycles. The fourth-order valence-corrected chi connectivity index (χ4v) is 6.33. The third-order valence-corrected chi connectivity index (χ3v) is 8.92. The van der Waals surface area contributed by atoms with Crippen LogP contribution in [-0.2, 0) is 15.1 Å². The summed E-state index contributed by atoms with van der Waals surface area (Å²) in [7, 11) is 1.82. The van der Waals surface area contributed by atoms with Gasteiger partial charge in [-0.1, -0.05) is 31.2 Å². The number of nitrogens with zero attached hydrogens (tertiary/aromatic N) is 5. The summed E-state index contributed by atoms with van der Waals surface area (Å²) in [6, 6.07) is 13.7. The number of aromatic nitrogens is 2. The van der Waals surface area contributed by atoms with E-state index in [1.54, 1.807) is 0 Å². The SMILES string of the molecule is COC1(c2ccc(-c3cc4c(N5CCN(C(=O)C6CC(C)C6)CC5)ccnn4c3)cc2)CN(C(C)C)C1. The minimum Gasteiger partial charge on any atom is -0.371 e. The highest BCUT2D eigenvalue weighted by molar-refractivity contribution is 5.82. The number of anilines is 1. The van der Waals surface area contributed by atoms with Crippen LogP contribution in [0.15, 0.2) is 48.8 Å². The molecule has 0 bridgehead atoms. The van der Waals surface area contributed by atoms with Crippen LogP contribution >= 0.6 is 0 Å². The lowest BCUT2D eigenvalue weighted by molar-refractivity contribution is -0.141. The number of ether oxygens (including phenoxy) is 1. The maximum Gasteiger partial charge on any atom is 0.225 e. The first-order chi connectivity index (χ1) is 17.9. The predicted molar refractivity (Wildman–Crippen MR) is 147 cm³/mol. The van der Waals surface area contributed by atoms with E-state index in [2.05, 4.69) is 83.2 Å². The number of rotatable bonds is 6. The highest BCUT2D eigenvalue weighted by atomic mass is 16.5. The summed E-state index contributed by atoms with van der Waals surface area (Å²) in [6.45, 7) is 11.9. The van der Waals surface area contributed by atoms with Crippen LogP contribution < -0.4 is 4.90 Å². The highest BCUT2D eigenvalue weighted by Crippen LogP contribution is 2.38. The number of likely N-dealkylation sites (tertiary alicyclic amines) is 1.